The summed E-state index contributed by atoms with van der Waals surface area (Å²) >= 11 is 6.11. The van der Waals surface area contributed by atoms with Crippen molar-refractivity contribution in [2.45, 2.75) is 38.5 Å². The molecule has 1 aliphatic rings. The van der Waals surface area contributed by atoms with Crippen LogP contribution in [0, 0.1) is 0 Å². The maximum absolute atomic E-state index is 6.11. The lowest BCUT2D eigenvalue weighted by molar-refractivity contribution is 0.315. The molecule has 0 aromatic heterocycles. The highest BCUT2D eigenvalue weighted by molar-refractivity contribution is 6.20. The Hall–Kier alpha value is -0.0100. The van der Waals surface area contributed by atoms with Crippen molar-refractivity contribution in [1.82, 2.24) is 4.90 Å². The van der Waals surface area contributed by atoms with E-state index < -0.39 is 0 Å². The van der Waals surface area contributed by atoms with Gasteiger partial charge in [0, 0.05) is 11.9 Å². The number of alkyl halides is 1. The highest BCUT2D eigenvalue weighted by Gasteiger charge is 2.13. The molecule has 0 aliphatic carbocycles. The third-order valence-electron chi connectivity index (χ3n) is 2.51. The molecule has 0 spiro atoms. The average molecular weight is 202 g/mol. The van der Waals surface area contributed by atoms with Crippen molar-refractivity contribution < 1.29 is 0 Å². The van der Waals surface area contributed by atoms with E-state index in [2.05, 4.69) is 24.8 Å². The smallest absolute Gasteiger partial charge is 0.0348 e. The summed E-state index contributed by atoms with van der Waals surface area (Å²) in [5.41, 5.74) is 1.41. The second-order valence-corrected chi connectivity index (χ2v) is 4.73. The number of nitrogens with zero attached hydrogens (tertiary/aromatic N) is 1. The van der Waals surface area contributed by atoms with Crippen molar-refractivity contribution in [3.05, 3.63) is 11.6 Å². The minimum Gasteiger partial charge on any atom is -0.300 e. The normalized spacial score (nSPS) is 25.3. The SMILES string of the molecule is CC(C)=CCN1CCCC(Cl)CC1. The van der Waals surface area contributed by atoms with E-state index in [-0.39, 0.29) is 0 Å². The number of rotatable bonds is 2. The van der Waals surface area contributed by atoms with Crippen LogP contribution in [0.25, 0.3) is 0 Å². The van der Waals surface area contributed by atoms with Crippen molar-refractivity contribution in [3.8, 4) is 0 Å². The zero-order valence-corrected chi connectivity index (χ0v) is 9.48. The molecule has 0 aromatic rings. The molecular weight excluding hydrogens is 182 g/mol. The molecule has 1 atom stereocenters. The molecule has 0 radical (unpaired) electrons. The van der Waals surface area contributed by atoms with Crippen LogP contribution in [0.1, 0.15) is 33.1 Å². The second-order valence-electron chi connectivity index (χ2n) is 4.11. The summed E-state index contributed by atoms with van der Waals surface area (Å²) in [6, 6.07) is 0. The lowest BCUT2D eigenvalue weighted by Gasteiger charge is -2.17. The van der Waals surface area contributed by atoms with E-state index in [1.165, 1.54) is 25.0 Å². The number of hydrogen-bond acceptors (Lipinski definition) is 1. The Morgan fingerprint density at radius 2 is 2.15 bits per heavy atom. The molecular formula is C11H20ClN. The van der Waals surface area contributed by atoms with Crippen molar-refractivity contribution in [2.24, 2.45) is 0 Å². The quantitative estimate of drug-likeness (QED) is 0.491. The van der Waals surface area contributed by atoms with E-state index in [9.17, 15) is 0 Å². The fraction of sp³-hybridized carbons (Fsp3) is 0.818. The van der Waals surface area contributed by atoms with Gasteiger partial charge in [0.15, 0.2) is 0 Å². The fourth-order valence-corrected chi connectivity index (χ4v) is 1.86. The largest absolute Gasteiger partial charge is 0.300 e. The number of likely N-dealkylation sites (tertiary alicyclic amines) is 1. The van der Waals surface area contributed by atoms with Crippen LogP contribution in [0.2, 0.25) is 0 Å². The molecule has 0 saturated carbocycles. The van der Waals surface area contributed by atoms with Gasteiger partial charge < -0.3 is 0 Å². The topological polar surface area (TPSA) is 3.24 Å². The van der Waals surface area contributed by atoms with Crippen LogP contribution in [0.5, 0.6) is 0 Å². The third-order valence-corrected chi connectivity index (χ3v) is 2.94. The second kappa shape index (κ2) is 5.66. The van der Waals surface area contributed by atoms with Gasteiger partial charge >= 0.3 is 0 Å². The molecule has 1 heterocycles. The van der Waals surface area contributed by atoms with Gasteiger partial charge in [-0.05, 0) is 46.2 Å². The van der Waals surface area contributed by atoms with Crippen molar-refractivity contribution >= 4 is 11.6 Å². The first-order valence-electron chi connectivity index (χ1n) is 5.18. The van der Waals surface area contributed by atoms with Crippen LogP contribution >= 0.6 is 11.6 Å². The van der Waals surface area contributed by atoms with E-state index in [1.54, 1.807) is 0 Å². The standard InChI is InChI=1S/C11H20ClN/c1-10(2)5-8-13-7-3-4-11(12)6-9-13/h5,11H,3-4,6-9H2,1-2H3. The molecule has 1 aliphatic heterocycles. The Balaban J connectivity index is 2.30. The maximum Gasteiger partial charge on any atom is 0.0348 e. The Kier molecular flexibility index (Phi) is 4.82. The van der Waals surface area contributed by atoms with E-state index in [0.29, 0.717) is 5.38 Å². The summed E-state index contributed by atoms with van der Waals surface area (Å²) in [6.45, 7) is 7.79. The van der Waals surface area contributed by atoms with Gasteiger partial charge in [0.1, 0.15) is 0 Å². The number of allylic oxidation sites excluding steroid dienone is 1. The van der Waals surface area contributed by atoms with Gasteiger partial charge in [-0.1, -0.05) is 11.6 Å². The van der Waals surface area contributed by atoms with Crippen LogP contribution in [0.15, 0.2) is 11.6 Å². The van der Waals surface area contributed by atoms with E-state index in [0.717, 1.165) is 19.5 Å². The van der Waals surface area contributed by atoms with Gasteiger partial charge in [-0.2, -0.15) is 0 Å². The molecule has 0 bridgehead atoms. The zero-order chi connectivity index (χ0) is 9.68. The predicted octanol–water partition coefficient (Wildman–Crippen LogP) is 3.05. The zero-order valence-electron chi connectivity index (χ0n) is 8.72. The molecule has 0 N–H and O–H groups in total. The van der Waals surface area contributed by atoms with Gasteiger partial charge in [0.25, 0.3) is 0 Å². The van der Waals surface area contributed by atoms with Gasteiger partial charge in [-0.3, -0.25) is 4.90 Å². The predicted molar refractivity (Wildman–Crippen MR) is 59.4 cm³/mol. The van der Waals surface area contributed by atoms with Crippen LogP contribution in [0.3, 0.4) is 0 Å². The molecule has 0 amide bonds. The highest BCUT2D eigenvalue weighted by atomic mass is 35.5. The molecule has 1 rings (SSSR count). The van der Waals surface area contributed by atoms with Crippen LogP contribution in [-0.4, -0.2) is 29.9 Å². The van der Waals surface area contributed by atoms with Crippen LogP contribution in [0.4, 0.5) is 0 Å². The monoisotopic (exact) mass is 201 g/mol. The lowest BCUT2D eigenvalue weighted by atomic mass is 10.2. The van der Waals surface area contributed by atoms with Crippen molar-refractivity contribution in [1.29, 1.82) is 0 Å². The number of halogens is 1. The average Bonchev–Trinajstić information content (AvgIpc) is 2.27. The maximum atomic E-state index is 6.11. The van der Waals surface area contributed by atoms with Crippen LogP contribution < -0.4 is 0 Å². The molecule has 13 heavy (non-hydrogen) atoms. The number of hydrogen-bond donors (Lipinski definition) is 0. The molecule has 1 fully saturated rings. The first kappa shape index (κ1) is 11.1. The summed E-state index contributed by atoms with van der Waals surface area (Å²) in [6.07, 6.45) is 5.89. The van der Waals surface area contributed by atoms with Crippen molar-refractivity contribution in [3.63, 3.8) is 0 Å². The molecule has 1 nitrogen and oxygen atoms in total. The van der Waals surface area contributed by atoms with Gasteiger partial charge in [0.05, 0.1) is 0 Å². The van der Waals surface area contributed by atoms with E-state index >= 15 is 0 Å². The molecule has 76 valence electrons. The highest BCUT2D eigenvalue weighted by Crippen LogP contribution is 2.15. The Morgan fingerprint density at radius 3 is 2.85 bits per heavy atom. The summed E-state index contributed by atoms with van der Waals surface area (Å²) in [5.74, 6) is 0. The molecule has 0 aromatic carbocycles. The van der Waals surface area contributed by atoms with Gasteiger partial charge in [-0.15, -0.1) is 11.6 Å². The first-order chi connectivity index (χ1) is 6.18. The van der Waals surface area contributed by atoms with Crippen molar-refractivity contribution in [2.75, 3.05) is 19.6 Å². The third kappa shape index (κ3) is 4.68. The molecule has 1 saturated heterocycles. The first-order valence-corrected chi connectivity index (χ1v) is 5.62. The minimum atomic E-state index is 0.414. The van der Waals surface area contributed by atoms with Gasteiger partial charge in [0.2, 0.25) is 0 Å². The summed E-state index contributed by atoms with van der Waals surface area (Å²) < 4.78 is 0. The molecule has 2 heteroatoms. The van der Waals surface area contributed by atoms with Crippen LogP contribution in [-0.2, 0) is 0 Å². The Bertz CT molecular complexity index is 173. The fourth-order valence-electron chi connectivity index (χ4n) is 1.61. The Labute approximate surface area is 86.8 Å². The summed E-state index contributed by atoms with van der Waals surface area (Å²) in [5, 5.41) is 0.414. The summed E-state index contributed by atoms with van der Waals surface area (Å²) in [4.78, 5) is 2.50. The van der Waals surface area contributed by atoms with E-state index in [4.69, 9.17) is 11.6 Å². The Morgan fingerprint density at radius 1 is 1.38 bits per heavy atom. The van der Waals surface area contributed by atoms with Gasteiger partial charge in [-0.25, -0.2) is 0 Å². The minimum absolute atomic E-state index is 0.414. The van der Waals surface area contributed by atoms with E-state index in [1.807, 2.05) is 0 Å². The summed E-state index contributed by atoms with van der Waals surface area (Å²) in [7, 11) is 0. The molecule has 1 unspecified atom stereocenters. The lowest BCUT2D eigenvalue weighted by Crippen LogP contribution is -2.25.